The van der Waals surface area contributed by atoms with E-state index in [4.69, 9.17) is 4.74 Å². The van der Waals surface area contributed by atoms with E-state index in [1.807, 2.05) is 0 Å². The number of hydrogen-bond acceptors (Lipinski definition) is 3. The van der Waals surface area contributed by atoms with Crippen LogP contribution in [0.5, 0.6) is 0 Å². The van der Waals surface area contributed by atoms with Gasteiger partial charge in [0.15, 0.2) is 0 Å². The summed E-state index contributed by atoms with van der Waals surface area (Å²) in [6.07, 6.45) is 4.54. The fourth-order valence-electron chi connectivity index (χ4n) is 2.74. The minimum absolute atomic E-state index is 0.430. The van der Waals surface area contributed by atoms with Crippen LogP contribution in [0.4, 0.5) is 0 Å². The maximum Gasteiger partial charge on any atom is 0.0707 e. The number of nitrogens with zero attached hydrogens (tertiary/aromatic N) is 1. The Morgan fingerprint density at radius 2 is 1.84 bits per heavy atom. The second kappa shape index (κ2) is 8.93. The molecule has 0 amide bonds. The molecular weight excluding hydrogens is 236 g/mol. The number of ether oxygens (including phenoxy) is 1. The lowest BCUT2D eigenvalue weighted by atomic mass is 10.1. The van der Waals surface area contributed by atoms with Crippen LogP contribution in [-0.2, 0) is 4.74 Å². The van der Waals surface area contributed by atoms with Crippen LogP contribution in [0.25, 0.3) is 0 Å². The van der Waals surface area contributed by atoms with Crippen molar-refractivity contribution in [2.75, 3.05) is 26.2 Å². The lowest BCUT2D eigenvalue weighted by Crippen LogP contribution is -2.39. The Labute approximate surface area is 120 Å². The van der Waals surface area contributed by atoms with Gasteiger partial charge in [0.05, 0.1) is 12.2 Å². The van der Waals surface area contributed by atoms with Crippen LogP contribution in [0.3, 0.4) is 0 Å². The molecule has 0 bridgehead atoms. The van der Waals surface area contributed by atoms with E-state index in [2.05, 4.69) is 44.8 Å². The topological polar surface area (TPSA) is 24.5 Å². The Balaban J connectivity index is 2.23. The van der Waals surface area contributed by atoms with Crippen LogP contribution in [0.1, 0.15) is 53.9 Å². The molecule has 1 N–H and O–H groups in total. The summed E-state index contributed by atoms with van der Waals surface area (Å²) >= 11 is 0. The van der Waals surface area contributed by atoms with Crippen LogP contribution in [0, 0.1) is 5.92 Å². The van der Waals surface area contributed by atoms with Crippen molar-refractivity contribution >= 4 is 0 Å². The monoisotopic (exact) mass is 270 g/mol. The Morgan fingerprint density at radius 1 is 1.16 bits per heavy atom. The smallest absolute Gasteiger partial charge is 0.0707 e. The first-order chi connectivity index (χ1) is 9.06. The van der Waals surface area contributed by atoms with Gasteiger partial charge in [-0.3, -0.25) is 4.90 Å². The van der Waals surface area contributed by atoms with Crippen molar-refractivity contribution in [1.29, 1.82) is 0 Å². The third-order valence-corrected chi connectivity index (χ3v) is 4.18. The zero-order chi connectivity index (χ0) is 14.3. The molecule has 114 valence electrons. The Hall–Kier alpha value is -0.120. The maximum absolute atomic E-state index is 6.17. The molecule has 0 aromatic rings. The molecular formula is C16H34N2O. The van der Waals surface area contributed by atoms with Gasteiger partial charge in [-0.05, 0) is 45.2 Å². The van der Waals surface area contributed by atoms with Gasteiger partial charge in [0, 0.05) is 19.1 Å². The SMILES string of the molecule is CCC(C)N(CC)CC1CCC(CNCC(C)C)O1. The number of likely N-dealkylation sites (N-methyl/N-ethyl adjacent to an activating group) is 1. The maximum atomic E-state index is 6.17. The van der Waals surface area contributed by atoms with Gasteiger partial charge in [0.25, 0.3) is 0 Å². The van der Waals surface area contributed by atoms with Gasteiger partial charge >= 0.3 is 0 Å². The number of hydrogen-bond donors (Lipinski definition) is 1. The van der Waals surface area contributed by atoms with Gasteiger partial charge in [-0.15, -0.1) is 0 Å². The lowest BCUT2D eigenvalue weighted by Gasteiger charge is -2.29. The van der Waals surface area contributed by atoms with Crippen LogP contribution < -0.4 is 5.32 Å². The first-order valence-electron chi connectivity index (χ1n) is 8.16. The van der Waals surface area contributed by atoms with Crippen molar-refractivity contribution in [2.45, 2.75) is 72.1 Å². The van der Waals surface area contributed by atoms with E-state index >= 15 is 0 Å². The van der Waals surface area contributed by atoms with E-state index in [9.17, 15) is 0 Å². The summed E-state index contributed by atoms with van der Waals surface area (Å²) in [7, 11) is 0. The number of rotatable bonds is 9. The minimum atomic E-state index is 0.430. The van der Waals surface area contributed by atoms with Gasteiger partial charge in [0.1, 0.15) is 0 Å². The van der Waals surface area contributed by atoms with Crippen LogP contribution in [-0.4, -0.2) is 49.3 Å². The average Bonchev–Trinajstić information content (AvgIpc) is 2.82. The van der Waals surface area contributed by atoms with Crippen molar-refractivity contribution in [1.82, 2.24) is 10.2 Å². The standard InChI is InChI=1S/C16H34N2O/c1-6-14(5)18(7-2)12-16-9-8-15(19-16)11-17-10-13(3)4/h13-17H,6-12H2,1-5H3. The van der Waals surface area contributed by atoms with Crippen LogP contribution >= 0.6 is 0 Å². The van der Waals surface area contributed by atoms with Gasteiger partial charge < -0.3 is 10.1 Å². The van der Waals surface area contributed by atoms with Crippen molar-refractivity contribution in [3.63, 3.8) is 0 Å². The first-order valence-corrected chi connectivity index (χ1v) is 8.16. The quantitative estimate of drug-likeness (QED) is 0.697. The molecule has 0 aliphatic carbocycles. The first kappa shape index (κ1) is 16.9. The summed E-state index contributed by atoms with van der Waals surface area (Å²) in [4.78, 5) is 2.55. The van der Waals surface area contributed by atoms with Gasteiger partial charge in [-0.25, -0.2) is 0 Å². The highest BCUT2D eigenvalue weighted by atomic mass is 16.5. The second-order valence-electron chi connectivity index (χ2n) is 6.35. The molecule has 19 heavy (non-hydrogen) atoms. The molecule has 0 saturated carbocycles. The fraction of sp³-hybridized carbons (Fsp3) is 1.00. The van der Waals surface area contributed by atoms with E-state index in [0.29, 0.717) is 18.2 Å². The van der Waals surface area contributed by atoms with Gasteiger partial charge in [-0.2, -0.15) is 0 Å². The summed E-state index contributed by atoms with van der Waals surface area (Å²) in [5, 5.41) is 3.51. The summed E-state index contributed by atoms with van der Waals surface area (Å²) in [6.45, 7) is 15.7. The van der Waals surface area contributed by atoms with Crippen molar-refractivity contribution in [3.05, 3.63) is 0 Å². The van der Waals surface area contributed by atoms with Crippen molar-refractivity contribution < 1.29 is 4.74 Å². The zero-order valence-electron chi connectivity index (χ0n) is 13.6. The van der Waals surface area contributed by atoms with E-state index in [1.165, 1.54) is 19.3 Å². The summed E-state index contributed by atoms with van der Waals surface area (Å²) < 4.78 is 6.17. The van der Waals surface area contributed by atoms with E-state index in [1.54, 1.807) is 0 Å². The van der Waals surface area contributed by atoms with Gasteiger partial charge in [0.2, 0.25) is 0 Å². The molecule has 1 heterocycles. The Bertz CT molecular complexity index is 233. The summed E-state index contributed by atoms with van der Waals surface area (Å²) in [5.74, 6) is 0.721. The fourth-order valence-corrected chi connectivity index (χ4v) is 2.74. The molecule has 1 saturated heterocycles. The molecule has 3 heteroatoms. The molecule has 1 fully saturated rings. The molecule has 0 spiro atoms. The third-order valence-electron chi connectivity index (χ3n) is 4.18. The molecule has 1 rings (SSSR count). The molecule has 0 aromatic carbocycles. The predicted molar refractivity (Wildman–Crippen MR) is 82.6 cm³/mol. The highest BCUT2D eigenvalue weighted by Gasteiger charge is 2.27. The third kappa shape index (κ3) is 6.24. The molecule has 3 unspecified atom stereocenters. The largest absolute Gasteiger partial charge is 0.372 e. The average molecular weight is 270 g/mol. The molecule has 1 aliphatic heterocycles. The zero-order valence-corrected chi connectivity index (χ0v) is 13.6. The van der Waals surface area contributed by atoms with E-state index in [0.717, 1.165) is 32.1 Å². The van der Waals surface area contributed by atoms with E-state index < -0.39 is 0 Å². The van der Waals surface area contributed by atoms with Crippen molar-refractivity contribution in [2.24, 2.45) is 5.92 Å². The lowest BCUT2D eigenvalue weighted by molar-refractivity contribution is 0.0165. The molecule has 3 nitrogen and oxygen atoms in total. The minimum Gasteiger partial charge on any atom is -0.372 e. The Kier molecular flexibility index (Phi) is 7.96. The molecule has 3 atom stereocenters. The van der Waals surface area contributed by atoms with Crippen LogP contribution in [0.15, 0.2) is 0 Å². The Morgan fingerprint density at radius 3 is 2.42 bits per heavy atom. The van der Waals surface area contributed by atoms with Crippen LogP contribution in [0.2, 0.25) is 0 Å². The predicted octanol–water partition coefficient (Wildman–Crippen LogP) is 2.90. The second-order valence-corrected chi connectivity index (χ2v) is 6.35. The van der Waals surface area contributed by atoms with Gasteiger partial charge in [-0.1, -0.05) is 27.7 Å². The highest BCUT2D eigenvalue weighted by Crippen LogP contribution is 2.21. The molecule has 1 aliphatic rings. The summed E-state index contributed by atoms with van der Waals surface area (Å²) in [6, 6.07) is 0.673. The molecule has 0 radical (unpaired) electrons. The number of nitrogens with one attached hydrogen (secondary N) is 1. The van der Waals surface area contributed by atoms with Crippen molar-refractivity contribution in [3.8, 4) is 0 Å². The molecule has 0 aromatic heterocycles. The highest BCUT2D eigenvalue weighted by molar-refractivity contribution is 4.79. The normalized spacial score (nSPS) is 25.4. The van der Waals surface area contributed by atoms with E-state index in [-0.39, 0.29) is 0 Å². The summed E-state index contributed by atoms with van der Waals surface area (Å²) in [5.41, 5.74) is 0.